The van der Waals surface area contributed by atoms with Gasteiger partial charge in [-0.3, -0.25) is 4.79 Å². The van der Waals surface area contributed by atoms with Gasteiger partial charge in [-0.25, -0.2) is 9.97 Å². The number of carbonyl (C=O) groups is 1. The van der Waals surface area contributed by atoms with Gasteiger partial charge in [-0.2, -0.15) is 0 Å². The van der Waals surface area contributed by atoms with Crippen molar-refractivity contribution in [3.8, 4) is 11.4 Å². The summed E-state index contributed by atoms with van der Waals surface area (Å²) in [6.45, 7) is 1.95. The molecule has 0 spiro atoms. The van der Waals surface area contributed by atoms with Crippen LogP contribution in [0.15, 0.2) is 73.1 Å². The Kier molecular flexibility index (Phi) is 4.43. The molecule has 1 atom stereocenters. The third-order valence-corrected chi connectivity index (χ3v) is 3.59. The van der Waals surface area contributed by atoms with E-state index < -0.39 is 0 Å². The second-order valence-electron chi connectivity index (χ2n) is 5.27. The van der Waals surface area contributed by atoms with Crippen LogP contribution >= 0.6 is 0 Å². The van der Waals surface area contributed by atoms with Gasteiger partial charge < -0.3 is 5.32 Å². The van der Waals surface area contributed by atoms with Crippen molar-refractivity contribution < 1.29 is 4.79 Å². The lowest BCUT2D eigenvalue weighted by molar-refractivity contribution is 0.0939. The Labute approximate surface area is 135 Å². The van der Waals surface area contributed by atoms with Crippen molar-refractivity contribution >= 4 is 5.91 Å². The zero-order valence-electron chi connectivity index (χ0n) is 12.8. The maximum atomic E-state index is 12.3. The predicted molar refractivity (Wildman–Crippen MR) is 89.8 cm³/mol. The fourth-order valence-corrected chi connectivity index (χ4v) is 2.29. The van der Waals surface area contributed by atoms with Crippen molar-refractivity contribution in [3.05, 3.63) is 84.2 Å². The Morgan fingerprint density at radius 3 is 2.09 bits per heavy atom. The summed E-state index contributed by atoms with van der Waals surface area (Å²) < 4.78 is 0. The fraction of sp³-hybridized carbons (Fsp3) is 0.105. The van der Waals surface area contributed by atoms with Crippen LogP contribution in [0.1, 0.15) is 28.9 Å². The number of hydrogen-bond donors (Lipinski definition) is 1. The van der Waals surface area contributed by atoms with Gasteiger partial charge in [0, 0.05) is 18.0 Å². The molecular formula is C19H17N3O. The van der Waals surface area contributed by atoms with Crippen molar-refractivity contribution in [1.82, 2.24) is 15.3 Å². The summed E-state index contributed by atoms with van der Waals surface area (Å²) in [6.07, 6.45) is 3.12. The van der Waals surface area contributed by atoms with Crippen LogP contribution in [0.4, 0.5) is 0 Å². The average molecular weight is 303 g/mol. The second-order valence-corrected chi connectivity index (χ2v) is 5.27. The number of benzene rings is 2. The van der Waals surface area contributed by atoms with E-state index >= 15 is 0 Å². The summed E-state index contributed by atoms with van der Waals surface area (Å²) in [5, 5.41) is 2.95. The molecule has 0 bridgehead atoms. The molecule has 1 heterocycles. The van der Waals surface area contributed by atoms with Crippen molar-refractivity contribution in [2.45, 2.75) is 13.0 Å². The lowest BCUT2D eigenvalue weighted by Crippen LogP contribution is -2.26. The van der Waals surface area contributed by atoms with E-state index in [1.54, 1.807) is 12.4 Å². The number of nitrogens with one attached hydrogen (secondary N) is 1. The number of nitrogens with zero attached hydrogens (tertiary/aromatic N) is 2. The normalized spacial score (nSPS) is 11.7. The molecule has 1 aromatic heterocycles. The summed E-state index contributed by atoms with van der Waals surface area (Å²) in [7, 11) is 0. The Bertz CT molecular complexity index is 771. The minimum Gasteiger partial charge on any atom is -0.345 e. The summed E-state index contributed by atoms with van der Waals surface area (Å²) in [6, 6.07) is 19.4. The minimum atomic E-state index is -0.180. The number of hydrogen-bond acceptors (Lipinski definition) is 3. The summed E-state index contributed by atoms with van der Waals surface area (Å²) >= 11 is 0. The summed E-state index contributed by atoms with van der Waals surface area (Å²) in [5.41, 5.74) is 2.44. The van der Waals surface area contributed by atoms with E-state index in [-0.39, 0.29) is 11.9 Å². The van der Waals surface area contributed by atoms with Gasteiger partial charge in [-0.15, -0.1) is 0 Å². The molecule has 0 saturated carbocycles. The number of rotatable bonds is 4. The molecule has 0 fully saturated rings. The van der Waals surface area contributed by atoms with Gasteiger partial charge in [0.05, 0.1) is 11.6 Å². The predicted octanol–water partition coefficient (Wildman–Crippen LogP) is 3.63. The zero-order valence-corrected chi connectivity index (χ0v) is 12.8. The number of amides is 1. The molecule has 0 aliphatic heterocycles. The van der Waals surface area contributed by atoms with E-state index in [2.05, 4.69) is 15.3 Å². The van der Waals surface area contributed by atoms with Gasteiger partial charge >= 0.3 is 0 Å². The molecule has 3 rings (SSSR count). The first-order valence-corrected chi connectivity index (χ1v) is 7.47. The molecule has 0 aliphatic rings. The van der Waals surface area contributed by atoms with Gasteiger partial charge in [-0.05, 0) is 12.5 Å². The highest BCUT2D eigenvalue weighted by Crippen LogP contribution is 2.15. The number of carbonyl (C=O) groups excluding carboxylic acids is 1. The van der Waals surface area contributed by atoms with Crippen LogP contribution in [-0.4, -0.2) is 15.9 Å². The molecule has 0 radical (unpaired) electrons. The lowest BCUT2D eigenvalue weighted by atomic mass is 10.1. The smallest absolute Gasteiger partial charge is 0.254 e. The zero-order chi connectivity index (χ0) is 16.1. The Morgan fingerprint density at radius 1 is 0.913 bits per heavy atom. The Morgan fingerprint density at radius 2 is 1.48 bits per heavy atom. The molecule has 0 saturated heterocycles. The molecule has 2 aromatic carbocycles. The van der Waals surface area contributed by atoms with Crippen molar-refractivity contribution in [2.75, 3.05) is 0 Å². The first-order chi connectivity index (χ1) is 11.2. The van der Waals surface area contributed by atoms with Crippen molar-refractivity contribution in [1.29, 1.82) is 0 Å². The first kappa shape index (κ1) is 14.9. The molecule has 4 nitrogen and oxygen atoms in total. The van der Waals surface area contributed by atoms with Gasteiger partial charge in [0.15, 0.2) is 5.82 Å². The highest BCUT2D eigenvalue weighted by molar-refractivity contribution is 5.94. The highest BCUT2D eigenvalue weighted by atomic mass is 16.1. The highest BCUT2D eigenvalue weighted by Gasteiger charge is 2.12. The van der Waals surface area contributed by atoms with E-state index in [0.717, 1.165) is 11.1 Å². The van der Waals surface area contributed by atoms with Gasteiger partial charge in [0.1, 0.15) is 0 Å². The molecule has 3 aromatic rings. The van der Waals surface area contributed by atoms with Gasteiger partial charge in [0.25, 0.3) is 5.91 Å². The number of aromatic nitrogens is 2. The fourth-order valence-electron chi connectivity index (χ4n) is 2.29. The Balaban J connectivity index is 1.71. The molecule has 1 amide bonds. The van der Waals surface area contributed by atoms with Gasteiger partial charge in [0.2, 0.25) is 0 Å². The van der Waals surface area contributed by atoms with Crippen LogP contribution < -0.4 is 5.32 Å². The minimum absolute atomic E-state index is 0.0718. The third-order valence-electron chi connectivity index (χ3n) is 3.59. The van der Waals surface area contributed by atoms with Crippen molar-refractivity contribution in [2.24, 2.45) is 0 Å². The van der Waals surface area contributed by atoms with E-state index in [4.69, 9.17) is 0 Å². The van der Waals surface area contributed by atoms with E-state index in [1.165, 1.54) is 0 Å². The van der Waals surface area contributed by atoms with Crippen molar-refractivity contribution in [3.63, 3.8) is 0 Å². The summed E-state index contributed by atoms with van der Waals surface area (Å²) in [4.78, 5) is 20.8. The molecule has 0 unspecified atom stereocenters. The van der Waals surface area contributed by atoms with Crippen LogP contribution in [0.2, 0.25) is 0 Å². The molecule has 0 aliphatic carbocycles. The van der Waals surface area contributed by atoms with Crippen LogP contribution in [0.5, 0.6) is 0 Å². The summed E-state index contributed by atoms with van der Waals surface area (Å²) in [5.74, 6) is 0.430. The average Bonchev–Trinajstić information content (AvgIpc) is 2.63. The first-order valence-electron chi connectivity index (χ1n) is 7.47. The van der Waals surface area contributed by atoms with E-state index in [0.29, 0.717) is 11.4 Å². The topological polar surface area (TPSA) is 54.9 Å². The van der Waals surface area contributed by atoms with Crippen LogP contribution in [0, 0.1) is 0 Å². The molecule has 4 heteroatoms. The largest absolute Gasteiger partial charge is 0.345 e. The van der Waals surface area contributed by atoms with E-state index in [1.807, 2.05) is 67.6 Å². The lowest BCUT2D eigenvalue weighted by Gasteiger charge is -2.14. The maximum Gasteiger partial charge on any atom is 0.254 e. The third kappa shape index (κ3) is 3.61. The second kappa shape index (κ2) is 6.83. The molecule has 23 heavy (non-hydrogen) atoms. The Hall–Kier alpha value is -3.01. The molecular weight excluding hydrogens is 286 g/mol. The monoisotopic (exact) mass is 303 g/mol. The van der Waals surface area contributed by atoms with Crippen LogP contribution in [0.25, 0.3) is 11.4 Å². The standard InChI is InChI=1S/C19H17N3O/c1-14(15-8-4-2-5-9-15)22-19(23)17-12-20-18(21-13-17)16-10-6-3-7-11-16/h2-14H,1H3,(H,22,23)/t14-/m1/s1. The quantitative estimate of drug-likeness (QED) is 0.800. The van der Waals surface area contributed by atoms with E-state index in [9.17, 15) is 4.79 Å². The van der Waals surface area contributed by atoms with Crippen LogP contribution in [0.3, 0.4) is 0 Å². The van der Waals surface area contributed by atoms with Crippen LogP contribution in [-0.2, 0) is 0 Å². The maximum absolute atomic E-state index is 12.3. The SMILES string of the molecule is C[C@@H](NC(=O)c1cnc(-c2ccccc2)nc1)c1ccccc1. The molecule has 114 valence electrons. The van der Waals surface area contributed by atoms with Gasteiger partial charge in [-0.1, -0.05) is 60.7 Å². The molecule has 1 N–H and O–H groups in total.